The normalized spacial score (nSPS) is 16.3. The van der Waals surface area contributed by atoms with Gasteiger partial charge in [-0.2, -0.15) is 0 Å². The van der Waals surface area contributed by atoms with Crippen molar-refractivity contribution in [3.05, 3.63) is 54.2 Å². The Kier molecular flexibility index (Phi) is 3.83. The summed E-state index contributed by atoms with van der Waals surface area (Å²) in [6.07, 6.45) is 1.97. The molecular formula is C16H21N3O+2. The van der Waals surface area contributed by atoms with Crippen LogP contribution in [-0.2, 0) is 6.54 Å². The number of aromatic amines is 1. The third-order valence-corrected chi connectivity index (χ3v) is 3.87. The van der Waals surface area contributed by atoms with Crippen LogP contribution in [0.25, 0.3) is 0 Å². The summed E-state index contributed by atoms with van der Waals surface area (Å²) in [7, 11) is 0. The maximum atomic E-state index is 9.51. The van der Waals surface area contributed by atoms with Crippen LogP contribution in [0.4, 0.5) is 5.82 Å². The van der Waals surface area contributed by atoms with Gasteiger partial charge >= 0.3 is 0 Å². The Morgan fingerprint density at radius 2 is 1.95 bits per heavy atom. The summed E-state index contributed by atoms with van der Waals surface area (Å²) in [5, 5.41) is 9.51. The van der Waals surface area contributed by atoms with Crippen molar-refractivity contribution in [1.82, 2.24) is 0 Å². The van der Waals surface area contributed by atoms with E-state index in [4.69, 9.17) is 0 Å². The molecule has 4 nitrogen and oxygen atoms in total. The van der Waals surface area contributed by atoms with Crippen LogP contribution in [0, 0.1) is 0 Å². The molecule has 20 heavy (non-hydrogen) atoms. The Bertz CT molecular complexity index is 551. The Labute approximate surface area is 119 Å². The number of anilines is 1. The van der Waals surface area contributed by atoms with E-state index in [0.29, 0.717) is 5.75 Å². The third-order valence-electron chi connectivity index (χ3n) is 3.87. The second-order valence-electron chi connectivity index (χ2n) is 5.33. The molecule has 4 heteroatoms. The molecule has 104 valence electrons. The van der Waals surface area contributed by atoms with Crippen LogP contribution in [-0.4, -0.2) is 31.3 Å². The van der Waals surface area contributed by atoms with Gasteiger partial charge in [-0.15, -0.1) is 0 Å². The zero-order chi connectivity index (χ0) is 13.8. The lowest BCUT2D eigenvalue weighted by Gasteiger charge is -2.28. The number of phenols is 1. The van der Waals surface area contributed by atoms with Crippen LogP contribution in [0.5, 0.6) is 5.75 Å². The number of aromatic hydroxyl groups is 1. The van der Waals surface area contributed by atoms with Crippen molar-refractivity contribution < 1.29 is 15.0 Å². The number of hydrogen-bond donors (Lipinski definition) is 2. The lowest BCUT2D eigenvalue weighted by molar-refractivity contribution is -0.914. The number of pyridine rings is 1. The van der Waals surface area contributed by atoms with Gasteiger partial charge in [-0.3, -0.25) is 4.90 Å². The highest BCUT2D eigenvalue weighted by molar-refractivity contribution is 5.32. The molecule has 1 aromatic heterocycles. The first-order chi connectivity index (χ1) is 9.81. The van der Waals surface area contributed by atoms with Gasteiger partial charge in [-0.25, -0.2) is 4.98 Å². The highest BCUT2D eigenvalue weighted by Crippen LogP contribution is 2.10. The predicted molar refractivity (Wildman–Crippen MR) is 77.7 cm³/mol. The average molecular weight is 271 g/mol. The van der Waals surface area contributed by atoms with Gasteiger partial charge in [0.1, 0.15) is 38.5 Å². The van der Waals surface area contributed by atoms with Gasteiger partial charge in [-0.05, 0) is 18.2 Å². The minimum atomic E-state index is 0.361. The highest BCUT2D eigenvalue weighted by Gasteiger charge is 2.25. The molecular weight excluding hydrogens is 250 g/mol. The van der Waals surface area contributed by atoms with E-state index in [-0.39, 0.29) is 0 Å². The molecule has 1 fully saturated rings. The minimum absolute atomic E-state index is 0.361. The Hall–Kier alpha value is -2.07. The van der Waals surface area contributed by atoms with E-state index in [0.717, 1.165) is 32.7 Å². The van der Waals surface area contributed by atoms with Crippen LogP contribution < -0.4 is 14.8 Å². The van der Waals surface area contributed by atoms with E-state index in [2.05, 4.69) is 28.1 Å². The first kappa shape index (κ1) is 12.9. The molecule has 3 N–H and O–H groups in total. The molecule has 0 radical (unpaired) electrons. The number of quaternary nitrogens is 1. The molecule has 1 saturated heterocycles. The second-order valence-corrected chi connectivity index (χ2v) is 5.33. The van der Waals surface area contributed by atoms with Crippen LogP contribution in [0.2, 0.25) is 0 Å². The fourth-order valence-corrected chi connectivity index (χ4v) is 2.78. The first-order valence-electron chi connectivity index (χ1n) is 7.14. The summed E-state index contributed by atoms with van der Waals surface area (Å²) >= 11 is 0. The standard InChI is InChI=1S/C16H19N3O/c20-15-5-3-4-14(12-15)13-18-8-10-19(11-9-18)16-6-1-2-7-17-16/h1-7,12,20H,8-11,13H2/p+2. The topological polar surface area (TPSA) is 42.1 Å². The molecule has 1 aliphatic heterocycles. The first-order valence-corrected chi connectivity index (χ1v) is 7.14. The van der Waals surface area contributed by atoms with Gasteiger partial charge < -0.3 is 10.0 Å². The monoisotopic (exact) mass is 271 g/mol. The van der Waals surface area contributed by atoms with Crippen molar-refractivity contribution in [3.63, 3.8) is 0 Å². The van der Waals surface area contributed by atoms with Crippen molar-refractivity contribution in [3.8, 4) is 5.75 Å². The van der Waals surface area contributed by atoms with E-state index in [9.17, 15) is 5.11 Å². The molecule has 3 rings (SSSR count). The second kappa shape index (κ2) is 5.92. The van der Waals surface area contributed by atoms with Crippen molar-refractivity contribution in [2.45, 2.75) is 6.54 Å². The maximum absolute atomic E-state index is 9.51. The zero-order valence-electron chi connectivity index (χ0n) is 11.5. The molecule has 1 aromatic carbocycles. The molecule has 2 aromatic rings. The van der Waals surface area contributed by atoms with Crippen LogP contribution in [0.3, 0.4) is 0 Å². The van der Waals surface area contributed by atoms with Gasteiger partial charge in [0.25, 0.3) is 5.82 Å². The van der Waals surface area contributed by atoms with E-state index >= 15 is 0 Å². The number of aromatic nitrogens is 1. The fourth-order valence-electron chi connectivity index (χ4n) is 2.78. The number of nitrogens with zero attached hydrogens (tertiary/aromatic N) is 1. The van der Waals surface area contributed by atoms with E-state index in [1.54, 1.807) is 11.0 Å². The van der Waals surface area contributed by atoms with Crippen molar-refractivity contribution in [2.24, 2.45) is 0 Å². The fraction of sp³-hybridized carbons (Fsp3) is 0.312. The van der Waals surface area contributed by atoms with E-state index in [1.807, 2.05) is 24.4 Å². The summed E-state index contributed by atoms with van der Waals surface area (Å²) in [4.78, 5) is 7.26. The lowest BCUT2D eigenvalue weighted by Crippen LogP contribution is -3.13. The summed E-state index contributed by atoms with van der Waals surface area (Å²) in [5.41, 5.74) is 1.21. The number of phenolic OH excluding ortho intramolecular Hbond substituents is 1. The van der Waals surface area contributed by atoms with Gasteiger partial charge in [-0.1, -0.05) is 18.2 Å². The molecule has 0 amide bonds. The maximum Gasteiger partial charge on any atom is 0.274 e. The van der Waals surface area contributed by atoms with Gasteiger partial charge in [0.2, 0.25) is 0 Å². The highest BCUT2D eigenvalue weighted by atomic mass is 16.3. The zero-order valence-corrected chi connectivity index (χ0v) is 11.5. The molecule has 0 saturated carbocycles. The van der Waals surface area contributed by atoms with Crippen LogP contribution >= 0.6 is 0 Å². The van der Waals surface area contributed by atoms with Crippen molar-refractivity contribution in [1.29, 1.82) is 0 Å². The number of nitrogens with one attached hydrogen (secondary N) is 2. The van der Waals surface area contributed by atoms with E-state index < -0.39 is 0 Å². The lowest BCUT2D eigenvalue weighted by atomic mass is 10.2. The molecule has 0 bridgehead atoms. The number of benzene rings is 1. The average Bonchev–Trinajstić information content (AvgIpc) is 2.49. The molecule has 0 unspecified atom stereocenters. The smallest absolute Gasteiger partial charge is 0.274 e. The van der Waals surface area contributed by atoms with E-state index in [1.165, 1.54) is 11.4 Å². The van der Waals surface area contributed by atoms with Gasteiger partial charge in [0, 0.05) is 11.6 Å². The number of H-pyrrole nitrogens is 1. The quantitative estimate of drug-likeness (QED) is 0.832. The van der Waals surface area contributed by atoms with Crippen LogP contribution in [0.15, 0.2) is 48.7 Å². The molecule has 2 heterocycles. The molecule has 0 aliphatic carbocycles. The molecule has 1 aliphatic rings. The Morgan fingerprint density at radius 1 is 1.10 bits per heavy atom. The predicted octanol–water partition coefficient (Wildman–Crippen LogP) is 0.111. The van der Waals surface area contributed by atoms with Crippen molar-refractivity contribution in [2.75, 3.05) is 31.1 Å². The number of hydrogen-bond acceptors (Lipinski definition) is 2. The minimum Gasteiger partial charge on any atom is -0.508 e. The summed E-state index contributed by atoms with van der Waals surface area (Å²) in [6, 6.07) is 13.8. The Morgan fingerprint density at radius 3 is 2.65 bits per heavy atom. The largest absolute Gasteiger partial charge is 0.508 e. The third kappa shape index (κ3) is 3.08. The molecule has 0 atom stereocenters. The van der Waals surface area contributed by atoms with Crippen LogP contribution in [0.1, 0.15) is 5.56 Å². The Balaban J connectivity index is 1.56. The van der Waals surface area contributed by atoms with Gasteiger partial charge in [0.15, 0.2) is 0 Å². The summed E-state index contributed by atoms with van der Waals surface area (Å²) < 4.78 is 0. The number of rotatable bonds is 3. The SMILES string of the molecule is Oc1cccc(C[NH+]2CCN(c3cccc[nH+]3)CC2)c1. The van der Waals surface area contributed by atoms with Gasteiger partial charge in [0.05, 0.1) is 6.20 Å². The summed E-state index contributed by atoms with van der Waals surface area (Å²) in [5.74, 6) is 1.56. The summed E-state index contributed by atoms with van der Waals surface area (Å²) in [6.45, 7) is 5.36. The van der Waals surface area contributed by atoms with Crippen molar-refractivity contribution >= 4 is 5.82 Å². The molecule has 0 spiro atoms. The number of piperazine rings is 1.